The maximum atomic E-state index is 12.1. The van der Waals surface area contributed by atoms with Crippen LogP contribution in [0.5, 0.6) is 11.5 Å². The van der Waals surface area contributed by atoms with Crippen molar-refractivity contribution in [1.29, 1.82) is 0 Å². The molecule has 0 atom stereocenters. The smallest absolute Gasteiger partial charge is 0.284 e. The predicted octanol–water partition coefficient (Wildman–Crippen LogP) is 3.76. The van der Waals surface area contributed by atoms with Crippen LogP contribution in [0.2, 0.25) is 0 Å². The minimum atomic E-state index is -0.211. The van der Waals surface area contributed by atoms with E-state index in [1.165, 1.54) is 11.8 Å². The number of rotatable bonds is 4. The highest BCUT2D eigenvalue weighted by Crippen LogP contribution is 2.32. The third kappa shape index (κ3) is 3.46. The monoisotopic (exact) mass is 325 g/mol. The minimum Gasteiger partial charge on any atom is -0.497 e. The zero-order chi connectivity index (χ0) is 16.2. The van der Waals surface area contributed by atoms with Crippen molar-refractivity contribution in [1.82, 2.24) is 0 Å². The highest BCUT2D eigenvalue weighted by molar-refractivity contribution is 8.19. The summed E-state index contributed by atoms with van der Waals surface area (Å²) in [7, 11) is 3.24. The second-order valence-electron chi connectivity index (χ2n) is 4.83. The van der Waals surface area contributed by atoms with Crippen LogP contribution in [0.1, 0.15) is 11.1 Å². The minimum absolute atomic E-state index is 0.211. The first-order chi connectivity index (χ1) is 11.2. The van der Waals surface area contributed by atoms with E-state index in [2.05, 4.69) is 4.99 Å². The molecule has 0 bridgehead atoms. The van der Waals surface area contributed by atoms with Crippen molar-refractivity contribution in [2.24, 2.45) is 4.99 Å². The van der Waals surface area contributed by atoms with Crippen molar-refractivity contribution in [2.75, 3.05) is 14.2 Å². The molecule has 1 amide bonds. The molecule has 1 aliphatic heterocycles. The van der Waals surface area contributed by atoms with Gasteiger partial charge in [0.1, 0.15) is 16.5 Å². The number of ether oxygens (including phenoxy) is 2. The number of aliphatic imine (C=N–C) groups is 1. The summed E-state index contributed by atoms with van der Waals surface area (Å²) in [4.78, 5) is 16.8. The fourth-order valence-corrected chi connectivity index (χ4v) is 3.04. The lowest BCUT2D eigenvalue weighted by molar-refractivity contribution is -0.113. The fraction of sp³-hybridized carbons (Fsp3) is 0.111. The average Bonchev–Trinajstić information content (AvgIpc) is 2.96. The average molecular weight is 325 g/mol. The third-order valence-corrected chi connectivity index (χ3v) is 4.40. The first kappa shape index (κ1) is 15.4. The van der Waals surface area contributed by atoms with Crippen molar-refractivity contribution in [3.8, 4) is 11.5 Å². The molecule has 4 nitrogen and oxygen atoms in total. The van der Waals surface area contributed by atoms with Gasteiger partial charge in [-0.25, -0.2) is 4.99 Å². The Morgan fingerprint density at radius 1 is 0.913 bits per heavy atom. The Labute approximate surface area is 138 Å². The Hall–Kier alpha value is -2.53. The molecule has 0 unspecified atom stereocenters. The third-order valence-electron chi connectivity index (χ3n) is 3.37. The Balaban J connectivity index is 1.79. The van der Waals surface area contributed by atoms with E-state index in [0.29, 0.717) is 9.95 Å². The first-order valence-electron chi connectivity index (χ1n) is 7.00. The van der Waals surface area contributed by atoms with Gasteiger partial charge in [0.2, 0.25) is 0 Å². The van der Waals surface area contributed by atoms with Crippen LogP contribution in [-0.2, 0) is 4.79 Å². The van der Waals surface area contributed by atoms with Crippen molar-refractivity contribution < 1.29 is 14.3 Å². The summed E-state index contributed by atoms with van der Waals surface area (Å²) >= 11 is 1.38. The highest BCUT2D eigenvalue weighted by Gasteiger charge is 2.22. The van der Waals surface area contributed by atoms with Gasteiger partial charge < -0.3 is 9.47 Å². The number of benzene rings is 2. The number of carbonyl (C=O) groups excluding carboxylic acids is 1. The van der Waals surface area contributed by atoms with E-state index in [1.54, 1.807) is 14.2 Å². The van der Waals surface area contributed by atoms with E-state index in [1.807, 2.05) is 54.6 Å². The number of carbonyl (C=O) groups is 1. The zero-order valence-corrected chi connectivity index (χ0v) is 13.6. The Morgan fingerprint density at radius 3 is 2.04 bits per heavy atom. The summed E-state index contributed by atoms with van der Waals surface area (Å²) in [6.45, 7) is 0. The summed E-state index contributed by atoms with van der Waals surface area (Å²) < 4.78 is 10.3. The number of hydrogen-bond donors (Lipinski definition) is 0. The van der Waals surface area contributed by atoms with Crippen LogP contribution in [-0.4, -0.2) is 25.2 Å². The van der Waals surface area contributed by atoms with E-state index in [0.717, 1.165) is 22.6 Å². The van der Waals surface area contributed by atoms with Crippen LogP contribution in [0, 0.1) is 0 Å². The summed E-state index contributed by atoms with van der Waals surface area (Å²) in [6, 6.07) is 15.0. The standard InChI is InChI=1S/C18H15NO3S/c1-21-14-7-3-12(4-8-14)11-16-17(20)19-18(23-16)13-5-9-15(22-2)10-6-13/h3-11H,1-2H3/b16-11-. The Bertz CT molecular complexity index is 777. The van der Waals surface area contributed by atoms with Gasteiger partial charge in [0.05, 0.1) is 19.1 Å². The van der Waals surface area contributed by atoms with Crippen molar-refractivity contribution >= 4 is 28.8 Å². The molecule has 3 rings (SSSR count). The molecule has 1 aliphatic rings. The van der Waals surface area contributed by atoms with E-state index >= 15 is 0 Å². The van der Waals surface area contributed by atoms with E-state index < -0.39 is 0 Å². The van der Waals surface area contributed by atoms with Gasteiger partial charge in [-0.3, -0.25) is 4.79 Å². The number of hydrogen-bond acceptors (Lipinski definition) is 4. The molecule has 0 spiro atoms. The van der Waals surface area contributed by atoms with Gasteiger partial charge in [-0.2, -0.15) is 0 Å². The summed E-state index contributed by atoms with van der Waals surface area (Å²) in [6.07, 6.45) is 1.84. The second kappa shape index (κ2) is 6.71. The second-order valence-corrected chi connectivity index (χ2v) is 5.87. The van der Waals surface area contributed by atoms with Gasteiger partial charge in [0.25, 0.3) is 5.91 Å². The number of methoxy groups -OCH3 is 2. The number of amides is 1. The van der Waals surface area contributed by atoms with Gasteiger partial charge in [0.15, 0.2) is 0 Å². The maximum absolute atomic E-state index is 12.1. The molecular formula is C18H15NO3S. The number of nitrogens with zero attached hydrogens (tertiary/aromatic N) is 1. The molecule has 0 fully saturated rings. The normalized spacial score (nSPS) is 15.7. The zero-order valence-electron chi connectivity index (χ0n) is 12.8. The largest absolute Gasteiger partial charge is 0.497 e. The first-order valence-corrected chi connectivity index (χ1v) is 7.82. The van der Waals surface area contributed by atoms with E-state index in [-0.39, 0.29) is 5.91 Å². The molecule has 0 N–H and O–H groups in total. The fourth-order valence-electron chi connectivity index (χ4n) is 2.12. The SMILES string of the molecule is COc1ccc(/C=C2\SC(c3ccc(OC)cc3)=NC2=O)cc1. The Kier molecular flexibility index (Phi) is 4.48. The quantitative estimate of drug-likeness (QED) is 0.803. The number of thioether (sulfide) groups is 1. The van der Waals surface area contributed by atoms with Gasteiger partial charge in [-0.1, -0.05) is 23.9 Å². The van der Waals surface area contributed by atoms with Crippen LogP contribution in [0.25, 0.3) is 6.08 Å². The van der Waals surface area contributed by atoms with E-state index in [4.69, 9.17) is 9.47 Å². The molecule has 116 valence electrons. The van der Waals surface area contributed by atoms with Gasteiger partial charge >= 0.3 is 0 Å². The summed E-state index contributed by atoms with van der Waals surface area (Å²) in [5, 5.41) is 0.706. The highest BCUT2D eigenvalue weighted by atomic mass is 32.2. The predicted molar refractivity (Wildman–Crippen MR) is 93.1 cm³/mol. The molecule has 23 heavy (non-hydrogen) atoms. The van der Waals surface area contributed by atoms with Crippen LogP contribution in [0.4, 0.5) is 0 Å². The molecule has 0 aromatic heterocycles. The van der Waals surface area contributed by atoms with Gasteiger partial charge in [0, 0.05) is 5.56 Å². The summed E-state index contributed by atoms with van der Waals surface area (Å²) in [5.74, 6) is 1.35. The molecule has 0 saturated carbocycles. The molecule has 2 aromatic carbocycles. The van der Waals surface area contributed by atoms with Crippen LogP contribution >= 0.6 is 11.8 Å². The Morgan fingerprint density at radius 2 is 1.48 bits per heavy atom. The molecule has 0 aliphatic carbocycles. The molecule has 0 radical (unpaired) electrons. The van der Waals surface area contributed by atoms with Crippen LogP contribution in [0.15, 0.2) is 58.4 Å². The lowest BCUT2D eigenvalue weighted by atomic mass is 10.2. The van der Waals surface area contributed by atoms with Crippen molar-refractivity contribution in [3.63, 3.8) is 0 Å². The molecular weight excluding hydrogens is 310 g/mol. The molecule has 5 heteroatoms. The topological polar surface area (TPSA) is 47.9 Å². The van der Waals surface area contributed by atoms with Crippen molar-refractivity contribution in [2.45, 2.75) is 0 Å². The maximum Gasteiger partial charge on any atom is 0.284 e. The van der Waals surface area contributed by atoms with Crippen molar-refractivity contribution in [3.05, 3.63) is 64.6 Å². The van der Waals surface area contributed by atoms with Gasteiger partial charge in [-0.15, -0.1) is 0 Å². The lowest BCUT2D eigenvalue weighted by Crippen LogP contribution is -1.91. The summed E-state index contributed by atoms with van der Waals surface area (Å²) in [5.41, 5.74) is 1.84. The lowest BCUT2D eigenvalue weighted by Gasteiger charge is -2.02. The van der Waals surface area contributed by atoms with Crippen LogP contribution in [0.3, 0.4) is 0 Å². The van der Waals surface area contributed by atoms with E-state index in [9.17, 15) is 4.79 Å². The van der Waals surface area contributed by atoms with Gasteiger partial charge in [-0.05, 0) is 48.0 Å². The molecule has 0 saturated heterocycles. The van der Waals surface area contributed by atoms with Crippen LogP contribution < -0.4 is 9.47 Å². The molecule has 2 aromatic rings. The molecule has 1 heterocycles.